The monoisotopic (exact) mass is 277 g/mol. The van der Waals surface area contributed by atoms with E-state index in [9.17, 15) is 19.2 Å². The van der Waals surface area contributed by atoms with Crippen LogP contribution in [0.4, 0.5) is 5.69 Å². The topological polar surface area (TPSA) is 139 Å². The Morgan fingerprint density at radius 3 is 2.60 bits per heavy atom. The van der Waals surface area contributed by atoms with E-state index in [0.29, 0.717) is 0 Å². The number of carbonyl (C=O) groups is 4. The van der Waals surface area contributed by atoms with Crippen LogP contribution in [0.3, 0.4) is 0 Å². The molecule has 1 aromatic rings. The van der Waals surface area contributed by atoms with Crippen molar-refractivity contribution in [1.82, 2.24) is 10.6 Å². The number of benzene rings is 1. The third kappa shape index (κ3) is 2.44. The molecule has 8 nitrogen and oxygen atoms in total. The summed E-state index contributed by atoms with van der Waals surface area (Å²) in [6.45, 7) is 0. The molecule has 1 fully saturated rings. The predicted octanol–water partition coefficient (Wildman–Crippen LogP) is -0.888. The van der Waals surface area contributed by atoms with Gasteiger partial charge in [-0.1, -0.05) is 6.07 Å². The van der Waals surface area contributed by atoms with Gasteiger partial charge in [-0.15, -0.1) is 0 Å². The Kier molecular flexibility index (Phi) is 3.38. The Morgan fingerprint density at radius 2 is 2.05 bits per heavy atom. The van der Waals surface area contributed by atoms with E-state index in [0.717, 1.165) is 0 Å². The lowest BCUT2D eigenvalue weighted by atomic mass is 10.0. The van der Waals surface area contributed by atoms with Crippen LogP contribution < -0.4 is 16.4 Å². The van der Waals surface area contributed by atoms with Gasteiger partial charge in [-0.3, -0.25) is 19.7 Å². The molecule has 5 N–H and O–H groups in total. The van der Waals surface area contributed by atoms with E-state index >= 15 is 0 Å². The van der Waals surface area contributed by atoms with E-state index in [2.05, 4.69) is 5.32 Å². The van der Waals surface area contributed by atoms with E-state index in [1.807, 2.05) is 5.32 Å². The van der Waals surface area contributed by atoms with Gasteiger partial charge in [0, 0.05) is 5.69 Å². The minimum Gasteiger partial charge on any atom is -0.478 e. The molecule has 0 saturated carbocycles. The van der Waals surface area contributed by atoms with E-state index in [1.165, 1.54) is 18.2 Å². The minimum absolute atomic E-state index is 0.0212. The second-order valence-electron chi connectivity index (χ2n) is 4.22. The van der Waals surface area contributed by atoms with Crippen molar-refractivity contribution in [2.75, 3.05) is 5.73 Å². The van der Waals surface area contributed by atoms with Gasteiger partial charge >= 0.3 is 5.97 Å². The summed E-state index contributed by atoms with van der Waals surface area (Å²) < 4.78 is 0. The second-order valence-corrected chi connectivity index (χ2v) is 4.22. The summed E-state index contributed by atoms with van der Waals surface area (Å²) in [6, 6.07) is 2.99. The van der Waals surface area contributed by atoms with Crippen molar-refractivity contribution in [3.05, 3.63) is 29.3 Å². The van der Waals surface area contributed by atoms with Crippen molar-refractivity contribution in [2.24, 2.45) is 0 Å². The molecule has 0 aromatic heterocycles. The van der Waals surface area contributed by atoms with Crippen molar-refractivity contribution in [3.63, 3.8) is 0 Å². The lowest BCUT2D eigenvalue weighted by Crippen LogP contribution is -2.40. The number of hydrogen-bond acceptors (Lipinski definition) is 5. The number of carboxylic acid groups (broad SMARTS) is 1. The molecule has 0 aliphatic carbocycles. The first kappa shape index (κ1) is 13.5. The molecule has 1 heterocycles. The highest BCUT2D eigenvalue weighted by Gasteiger charge is 2.33. The average Bonchev–Trinajstić information content (AvgIpc) is 2.67. The molecule has 2 rings (SSSR count). The first-order chi connectivity index (χ1) is 9.40. The highest BCUT2D eigenvalue weighted by molar-refractivity contribution is 6.12. The Labute approximate surface area is 112 Å². The maximum atomic E-state index is 12.1. The molecule has 0 unspecified atom stereocenters. The number of anilines is 1. The Morgan fingerprint density at radius 1 is 1.35 bits per heavy atom. The number of aromatic carboxylic acids is 1. The fraction of sp³-hybridized carbons (Fsp3) is 0.167. The summed E-state index contributed by atoms with van der Waals surface area (Å²) in [5.41, 5.74) is 5.08. The van der Waals surface area contributed by atoms with Gasteiger partial charge in [-0.05, 0) is 12.1 Å². The molecule has 0 spiro atoms. The van der Waals surface area contributed by atoms with Crippen LogP contribution in [-0.4, -0.2) is 34.8 Å². The zero-order chi connectivity index (χ0) is 14.9. The molecule has 3 amide bonds. The van der Waals surface area contributed by atoms with Crippen LogP contribution in [0.15, 0.2) is 18.2 Å². The fourth-order valence-electron chi connectivity index (χ4n) is 1.90. The van der Waals surface area contributed by atoms with Crippen LogP contribution in [0, 0.1) is 0 Å². The molecule has 104 valence electrons. The number of imide groups is 1. The largest absolute Gasteiger partial charge is 0.478 e. The van der Waals surface area contributed by atoms with Crippen molar-refractivity contribution < 1.29 is 24.3 Å². The van der Waals surface area contributed by atoms with Crippen LogP contribution in [0.25, 0.3) is 0 Å². The van der Waals surface area contributed by atoms with E-state index in [4.69, 9.17) is 10.8 Å². The van der Waals surface area contributed by atoms with Gasteiger partial charge in [0.1, 0.15) is 6.04 Å². The standard InChI is InChI=1S/C12H11N3O5/c13-6-3-1-2-5(12(19)20)9(6)11(18)14-7-4-8(16)15-10(7)17/h1-3,7H,4,13H2,(H,14,18)(H,19,20)(H,15,16,17)/t7-/m0/s1. The van der Waals surface area contributed by atoms with Crippen molar-refractivity contribution in [1.29, 1.82) is 0 Å². The first-order valence-electron chi connectivity index (χ1n) is 5.66. The number of nitrogens with one attached hydrogen (secondary N) is 2. The van der Waals surface area contributed by atoms with Gasteiger partial charge in [0.2, 0.25) is 11.8 Å². The molecule has 0 radical (unpaired) electrons. The molecular formula is C12H11N3O5. The van der Waals surface area contributed by atoms with Crippen molar-refractivity contribution in [3.8, 4) is 0 Å². The summed E-state index contributed by atoms with van der Waals surface area (Å²) in [6.07, 6.45) is -0.181. The average molecular weight is 277 g/mol. The number of rotatable bonds is 3. The molecule has 0 bridgehead atoms. The molecule has 20 heavy (non-hydrogen) atoms. The normalized spacial score (nSPS) is 17.7. The third-order valence-electron chi connectivity index (χ3n) is 2.83. The SMILES string of the molecule is Nc1cccc(C(=O)O)c1C(=O)N[C@H]1CC(=O)NC1=O. The maximum absolute atomic E-state index is 12.1. The van der Waals surface area contributed by atoms with Crippen LogP contribution in [0.5, 0.6) is 0 Å². The van der Waals surface area contributed by atoms with Gasteiger partial charge in [0.15, 0.2) is 0 Å². The summed E-state index contributed by atoms with van der Waals surface area (Å²) >= 11 is 0. The van der Waals surface area contributed by atoms with Gasteiger partial charge in [-0.25, -0.2) is 4.79 Å². The third-order valence-corrected chi connectivity index (χ3v) is 2.83. The summed E-state index contributed by atoms with van der Waals surface area (Å²) in [7, 11) is 0. The van der Waals surface area contributed by atoms with Crippen LogP contribution in [-0.2, 0) is 9.59 Å². The molecule has 1 atom stereocenters. The minimum atomic E-state index is -1.31. The zero-order valence-electron chi connectivity index (χ0n) is 10.2. The summed E-state index contributed by atoms with van der Waals surface area (Å²) in [4.78, 5) is 45.5. The Bertz CT molecular complexity index is 626. The number of nitrogens with two attached hydrogens (primary N) is 1. The van der Waals surface area contributed by atoms with E-state index in [-0.39, 0.29) is 23.2 Å². The Hall–Kier alpha value is -2.90. The fourth-order valence-corrected chi connectivity index (χ4v) is 1.90. The zero-order valence-corrected chi connectivity index (χ0v) is 10.2. The smallest absolute Gasteiger partial charge is 0.336 e. The van der Waals surface area contributed by atoms with Gasteiger partial charge in [0.05, 0.1) is 17.5 Å². The molecule has 1 aromatic carbocycles. The van der Waals surface area contributed by atoms with Crippen LogP contribution in [0.1, 0.15) is 27.1 Å². The second kappa shape index (κ2) is 5.00. The van der Waals surface area contributed by atoms with Crippen LogP contribution in [0.2, 0.25) is 0 Å². The summed E-state index contributed by atoms with van der Waals surface area (Å²) in [5.74, 6) is -3.25. The number of hydrogen-bond donors (Lipinski definition) is 4. The lowest BCUT2D eigenvalue weighted by molar-refractivity contribution is -0.125. The highest BCUT2D eigenvalue weighted by Crippen LogP contribution is 2.18. The van der Waals surface area contributed by atoms with E-state index < -0.39 is 29.7 Å². The van der Waals surface area contributed by atoms with Crippen molar-refractivity contribution in [2.45, 2.75) is 12.5 Å². The molecule has 1 aliphatic rings. The molecule has 8 heteroatoms. The lowest BCUT2D eigenvalue weighted by Gasteiger charge is -2.12. The molecule has 1 aliphatic heterocycles. The highest BCUT2D eigenvalue weighted by atomic mass is 16.4. The van der Waals surface area contributed by atoms with Gasteiger partial charge < -0.3 is 16.2 Å². The van der Waals surface area contributed by atoms with Gasteiger partial charge in [0.25, 0.3) is 5.91 Å². The molecular weight excluding hydrogens is 266 g/mol. The Balaban J connectivity index is 2.28. The quantitative estimate of drug-likeness (QED) is 0.417. The van der Waals surface area contributed by atoms with Gasteiger partial charge in [-0.2, -0.15) is 0 Å². The van der Waals surface area contributed by atoms with Crippen molar-refractivity contribution >= 4 is 29.4 Å². The predicted molar refractivity (Wildman–Crippen MR) is 66.8 cm³/mol. The number of nitrogen functional groups attached to an aromatic ring is 1. The number of amides is 3. The molecule has 1 saturated heterocycles. The maximum Gasteiger partial charge on any atom is 0.336 e. The number of carbonyl (C=O) groups excluding carboxylic acids is 3. The number of carboxylic acids is 1. The summed E-state index contributed by atoms with van der Waals surface area (Å²) in [5, 5.41) is 13.4. The first-order valence-corrected chi connectivity index (χ1v) is 5.66. The van der Waals surface area contributed by atoms with E-state index in [1.54, 1.807) is 0 Å². The van der Waals surface area contributed by atoms with Crippen LogP contribution >= 0.6 is 0 Å².